The molecule has 0 spiro atoms. The first-order chi connectivity index (χ1) is 12.7. The highest BCUT2D eigenvalue weighted by molar-refractivity contribution is 6.32. The Bertz CT molecular complexity index is 763. The Kier molecular flexibility index (Phi) is 6.20. The lowest BCUT2D eigenvalue weighted by Crippen LogP contribution is -2.58. The van der Waals surface area contributed by atoms with Gasteiger partial charge >= 0.3 is 12.5 Å². The fourth-order valence-corrected chi connectivity index (χ4v) is 3.19. The Balaban J connectivity index is 2.49. The highest BCUT2D eigenvalue weighted by atomic mass is 35.5. The number of aliphatic hydroxyl groups excluding tert-OH is 1. The highest BCUT2D eigenvalue weighted by Gasteiger charge is 2.48. The van der Waals surface area contributed by atoms with Crippen molar-refractivity contribution in [3.8, 4) is 5.75 Å². The number of hydrogen-bond acceptors (Lipinski definition) is 5. The molecule has 6 nitrogen and oxygen atoms in total. The van der Waals surface area contributed by atoms with Crippen molar-refractivity contribution >= 4 is 23.5 Å². The van der Waals surface area contributed by atoms with E-state index in [1.54, 1.807) is 20.8 Å². The summed E-state index contributed by atoms with van der Waals surface area (Å²) in [5.41, 5.74) is -2.63. The van der Waals surface area contributed by atoms with Gasteiger partial charge in [0.15, 0.2) is 5.78 Å². The first-order valence-corrected chi connectivity index (χ1v) is 8.91. The minimum atomic E-state index is -5.00. The third-order valence-corrected chi connectivity index (χ3v) is 4.43. The van der Waals surface area contributed by atoms with Crippen LogP contribution in [0, 0.1) is 0 Å². The summed E-state index contributed by atoms with van der Waals surface area (Å²) in [4.78, 5) is 25.1. The molecule has 10 heteroatoms. The maximum Gasteiger partial charge on any atom is 0.573 e. The van der Waals surface area contributed by atoms with Crippen LogP contribution in [0.15, 0.2) is 18.2 Å². The minimum absolute atomic E-state index is 0.00533. The van der Waals surface area contributed by atoms with Gasteiger partial charge < -0.3 is 19.9 Å². The molecule has 1 saturated carbocycles. The van der Waals surface area contributed by atoms with Crippen LogP contribution in [0.25, 0.3) is 0 Å². The van der Waals surface area contributed by atoms with Crippen molar-refractivity contribution in [1.82, 2.24) is 5.32 Å². The maximum atomic E-state index is 12.8. The van der Waals surface area contributed by atoms with Crippen molar-refractivity contribution in [2.75, 3.05) is 0 Å². The van der Waals surface area contributed by atoms with Crippen LogP contribution in [-0.4, -0.2) is 35.1 Å². The van der Waals surface area contributed by atoms with Gasteiger partial charge in [0.1, 0.15) is 23.0 Å². The number of alkyl carbamates (subject to hydrolysis) is 1. The van der Waals surface area contributed by atoms with E-state index < -0.39 is 41.2 Å². The quantitative estimate of drug-likeness (QED) is 0.765. The summed E-state index contributed by atoms with van der Waals surface area (Å²) in [6.07, 6.45) is -6.73. The molecular weight excluding hydrogens is 403 g/mol. The van der Waals surface area contributed by atoms with Crippen LogP contribution in [0.5, 0.6) is 5.75 Å². The zero-order valence-electron chi connectivity index (χ0n) is 15.5. The monoisotopic (exact) mass is 423 g/mol. The molecule has 2 rings (SSSR count). The molecule has 156 valence electrons. The zero-order chi connectivity index (χ0) is 21.3. The smallest absolute Gasteiger partial charge is 0.444 e. The Morgan fingerprint density at radius 3 is 2.54 bits per heavy atom. The van der Waals surface area contributed by atoms with E-state index in [-0.39, 0.29) is 23.4 Å². The summed E-state index contributed by atoms with van der Waals surface area (Å²) >= 11 is 5.77. The molecule has 1 aliphatic carbocycles. The number of nitrogens with one attached hydrogen (secondary N) is 1. The largest absolute Gasteiger partial charge is 0.573 e. The van der Waals surface area contributed by atoms with Crippen LogP contribution in [-0.2, 0) is 15.1 Å². The van der Waals surface area contributed by atoms with Crippen molar-refractivity contribution in [2.45, 2.75) is 63.6 Å². The van der Waals surface area contributed by atoms with Gasteiger partial charge in [0.05, 0.1) is 5.02 Å². The van der Waals surface area contributed by atoms with Crippen molar-refractivity contribution in [1.29, 1.82) is 0 Å². The van der Waals surface area contributed by atoms with E-state index in [1.807, 2.05) is 0 Å². The second-order valence-corrected chi connectivity index (χ2v) is 7.90. The van der Waals surface area contributed by atoms with Crippen LogP contribution in [0.4, 0.5) is 18.0 Å². The van der Waals surface area contributed by atoms with E-state index in [4.69, 9.17) is 16.3 Å². The molecule has 1 amide bonds. The second kappa shape index (κ2) is 7.79. The molecule has 1 fully saturated rings. The third-order valence-electron chi connectivity index (χ3n) is 4.12. The molecule has 0 bridgehead atoms. The van der Waals surface area contributed by atoms with E-state index >= 15 is 0 Å². The first-order valence-electron chi connectivity index (χ1n) is 8.53. The van der Waals surface area contributed by atoms with E-state index in [2.05, 4.69) is 10.1 Å². The lowest BCUT2D eigenvalue weighted by atomic mass is 9.74. The van der Waals surface area contributed by atoms with Gasteiger partial charge in [-0.25, -0.2) is 4.79 Å². The van der Waals surface area contributed by atoms with Gasteiger partial charge in [0.2, 0.25) is 0 Å². The predicted molar refractivity (Wildman–Crippen MR) is 94.0 cm³/mol. The molecule has 2 unspecified atom stereocenters. The SMILES string of the molecule is CC(C)(C)OC(=O)NC1(c2ccc(Cl)c(OC(F)(F)F)c2)CCCC(O)C1=O. The highest BCUT2D eigenvalue weighted by Crippen LogP contribution is 2.39. The molecule has 0 aromatic heterocycles. The van der Waals surface area contributed by atoms with Gasteiger partial charge in [0, 0.05) is 0 Å². The number of Topliss-reactive ketones (excluding diaryl/α,β-unsaturated/α-hetero) is 1. The van der Waals surface area contributed by atoms with Crippen LogP contribution >= 0.6 is 11.6 Å². The number of carbonyl (C=O) groups excluding carboxylic acids is 2. The minimum Gasteiger partial charge on any atom is -0.444 e. The number of ether oxygens (including phenoxy) is 2. The number of aliphatic hydroxyl groups is 1. The Hall–Kier alpha value is -2.00. The van der Waals surface area contributed by atoms with Crippen molar-refractivity contribution < 1.29 is 37.3 Å². The predicted octanol–water partition coefficient (Wildman–Crippen LogP) is 4.07. The average molecular weight is 424 g/mol. The second-order valence-electron chi connectivity index (χ2n) is 7.50. The van der Waals surface area contributed by atoms with Crippen LogP contribution in [0.3, 0.4) is 0 Å². The van der Waals surface area contributed by atoms with Gasteiger partial charge in [-0.15, -0.1) is 13.2 Å². The summed E-state index contributed by atoms with van der Waals surface area (Å²) in [6, 6.07) is 3.37. The topological polar surface area (TPSA) is 84.9 Å². The van der Waals surface area contributed by atoms with E-state index in [1.165, 1.54) is 6.07 Å². The normalized spacial score (nSPS) is 23.3. The van der Waals surface area contributed by atoms with Crippen LogP contribution in [0.1, 0.15) is 45.6 Å². The van der Waals surface area contributed by atoms with Gasteiger partial charge in [-0.05, 0) is 57.7 Å². The molecular formula is C18H21ClF3NO5. The molecule has 2 atom stereocenters. The number of hydrogen-bond donors (Lipinski definition) is 2. The molecule has 2 N–H and O–H groups in total. The lowest BCUT2D eigenvalue weighted by Gasteiger charge is -2.39. The van der Waals surface area contributed by atoms with Gasteiger partial charge in [-0.2, -0.15) is 0 Å². The number of halogens is 4. The van der Waals surface area contributed by atoms with Gasteiger partial charge in [-0.3, -0.25) is 4.79 Å². The third kappa shape index (κ3) is 5.29. The zero-order valence-corrected chi connectivity index (χ0v) is 16.3. The summed E-state index contributed by atoms with van der Waals surface area (Å²) < 4.78 is 47.0. The van der Waals surface area contributed by atoms with E-state index in [0.717, 1.165) is 12.1 Å². The number of ketones is 1. The van der Waals surface area contributed by atoms with E-state index in [0.29, 0.717) is 6.42 Å². The Morgan fingerprint density at radius 1 is 1.32 bits per heavy atom. The lowest BCUT2D eigenvalue weighted by molar-refractivity contribution is -0.274. The molecule has 0 heterocycles. The summed E-state index contributed by atoms with van der Waals surface area (Å²) in [5.74, 6) is -1.46. The molecule has 0 radical (unpaired) electrons. The van der Waals surface area contributed by atoms with Crippen molar-refractivity contribution in [2.24, 2.45) is 0 Å². The molecule has 0 saturated heterocycles. The first kappa shape index (κ1) is 22.3. The number of carbonyl (C=O) groups is 2. The maximum absolute atomic E-state index is 12.8. The summed E-state index contributed by atoms with van der Waals surface area (Å²) in [6.45, 7) is 4.86. The van der Waals surface area contributed by atoms with E-state index in [9.17, 15) is 27.9 Å². The van der Waals surface area contributed by atoms with Gasteiger partial charge in [0.25, 0.3) is 0 Å². The number of benzene rings is 1. The summed E-state index contributed by atoms with van der Waals surface area (Å²) in [7, 11) is 0. The Morgan fingerprint density at radius 2 is 1.96 bits per heavy atom. The average Bonchev–Trinajstić information content (AvgIpc) is 2.51. The molecule has 1 aliphatic rings. The number of rotatable bonds is 3. The van der Waals surface area contributed by atoms with Crippen molar-refractivity contribution in [3.05, 3.63) is 28.8 Å². The Labute approximate surface area is 164 Å². The molecule has 28 heavy (non-hydrogen) atoms. The van der Waals surface area contributed by atoms with Crippen LogP contribution < -0.4 is 10.1 Å². The molecule has 1 aromatic rings. The van der Waals surface area contributed by atoms with Gasteiger partial charge in [-0.1, -0.05) is 17.7 Å². The van der Waals surface area contributed by atoms with Crippen LogP contribution in [0.2, 0.25) is 5.02 Å². The molecule has 0 aliphatic heterocycles. The van der Waals surface area contributed by atoms with Crippen molar-refractivity contribution in [3.63, 3.8) is 0 Å². The fraction of sp³-hybridized carbons (Fsp3) is 0.556. The fourth-order valence-electron chi connectivity index (χ4n) is 3.03. The standard InChI is InChI=1S/C18H21ClF3NO5/c1-16(2,3)28-15(26)23-17(8-4-5-12(24)14(17)25)10-6-7-11(19)13(9-10)27-18(20,21)22/h6-7,9,12,24H,4-5,8H2,1-3H3,(H,23,26). The summed E-state index contributed by atoms with van der Waals surface area (Å²) in [5, 5.41) is 12.2. The molecule has 1 aromatic carbocycles. The number of amides is 1. The number of alkyl halides is 3.